The molecule has 2 fully saturated rings. The van der Waals surface area contributed by atoms with Crippen LogP contribution in [0.25, 0.3) is 0 Å². The Bertz CT molecular complexity index is 479. The number of piperidine rings is 1. The third-order valence-electron chi connectivity index (χ3n) is 4.46. The molecule has 1 amide bonds. The molecule has 104 valence electrons. The highest BCUT2D eigenvalue weighted by molar-refractivity contribution is 5.79. The van der Waals surface area contributed by atoms with Crippen molar-refractivity contribution in [2.45, 2.75) is 57.1 Å². The summed E-state index contributed by atoms with van der Waals surface area (Å²) in [6, 6.07) is 1.81. The minimum Gasteiger partial charge on any atom is -0.393 e. The second kappa shape index (κ2) is 4.63. The monoisotopic (exact) mass is 264 g/mol. The van der Waals surface area contributed by atoms with E-state index in [0.29, 0.717) is 18.7 Å². The molecule has 5 nitrogen and oxygen atoms in total. The Kier molecular flexibility index (Phi) is 3.09. The van der Waals surface area contributed by atoms with Crippen LogP contribution in [-0.4, -0.2) is 39.3 Å². The quantitative estimate of drug-likeness (QED) is 0.877. The number of aryl methyl sites for hydroxylation is 1. The number of carbonyl (C=O) groups is 1. The number of hydrogen-bond donors (Lipinski definition) is 1. The minimum absolute atomic E-state index is 0.0795. The summed E-state index contributed by atoms with van der Waals surface area (Å²) in [6.07, 6.45) is 4.63. The average Bonchev–Trinajstić information content (AvgIpc) is 2.72. The van der Waals surface area contributed by atoms with Gasteiger partial charge in [-0.2, -0.15) is 0 Å². The molecule has 5 heteroatoms. The summed E-state index contributed by atoms with van der Waals surface area (Å²) in [6.45, 7) is 2.51. The van der Waals surface area contributed by atoms with Crippen molar-refractivity contribution in [1.29, 1.82) is 0 Å². The Balaban J connectivity index is 1.71. The Morgan fingerprint density at radius 3 is 3.00 bits per heavy atom. The number of aliphatic hydroxyl groups is 1. The van der Waals surface area contributed by atoms with Crippen LogP contribution in [0.2, 0.25) is 0 Å². The fourth-order valence-electron chi connectivity index (χ4n) is 3.36. The lowest BCUT2D eigenvalue weighted by Gasteiger charge is -2.54. The van der Waals surface area contributed by atoms with Crippen molar-refractivity contribution >= 4 is 5.91 Å². The smallest absolute Gasteiger partial charge is 0.230 e. The van der Waals surface area contributed by atoms with E-state index in [1.807, 2.05) is 17.9 Å². The van der Waals surface area contributed by atoms with E-state index in [1.165, 1.54) is 0 Å². The average molecular weight is 264 g/mol. The van der Waals surface area contributed by atoms with Crippen molar-refractivity contribution in [3.63, 3.8) is 0 Å². The Morgan fingerprint density at radius 1 is 1.63 bits per heavy atom. The van der Waals surface area contributed by atoms with E-state index >= 15 is 0 Å². The third kappa shape index (κ3) is 2.27. The van der Waals surface area contributed by atoms with Crippen molar-refractivity contribution < 1.29 is 14.4 Å². The largest absolute Gasteiger partial charge is 0.393 e. The summed E-state index contributed by atoms with van der Waals surface area (Å²) in [4.78, 5) is 14.4. The fourth-order valence-corrected chi connectivity index (χ4v) is 3.36. The van der Waals surface area contributed by atoms with Crippen molar-refractivity contribution in [3.8, 4) is 0 Å². The van der Waals surface area contributed by atoms with Gasteiger partial charge in [0.2, 0.25) is 5.91 Å². The number of nitrogens with zero attached hydrogens (tertiary/aromatic N) is 2. The highest BCUT2D eigenvalue weighted by Gasteiger charge is 2.48. The first kappa shape index (κ1) is 12.7. The van der Waals surface area contributed by atoms with Crippen LogP contribution in [0, 0.1) is 6.92 Å². The summed E-state index contributed by atoms with van der Waals surface area (Å²) < 4.78 is 5.12. The molecule has 0 bridgehead atoms. The van der Waals surface area contributed by atoms with Gasteiger partial charge in [-0.25, -0.2) is 0 Å². The molecular formula is C14H20N2O3. The third-order valence-corrected chi connectivity index (χ3v) is 4.46. The lowest BCUT2D eigenvalue weighted by atomic mass is 9.69. The standard InChI is InChI=1S/C14H20N2O3/c1-10-7-12(19-15-10)8-13(18)16-6-3-11(17)9-14(16)4-2-5-14/h7,11,17H,2-6,8-9H2,1H3. The maximum Gasteiger partial charge on any atom is 0.230 e. The van der Waals surface area contributed by atoms with Crippen LogP contribution in [0.5, 0.6) is 0 Å². The topological polar surface area (TPSA) is 66.6 Å². The van der Waals surface area contributed by atoms with Gasteiger partial charge in [-0.05, 0) is 39.0 Å². The van der Waals surface area contributed by atoms with Crippen LogP contribution < -0.4 is 0 Å². The maximum atomic E-state index is 12.4. The van der Waals surface area contributed by atoms with Gasteiger partial charge >= 0.3 is 0 Å². The summed E-state index contributed by atoms with van der Waals surface area (Å²) >= 11 is 0. The first-order chi connectivity index (χ1) is 9.09. The molecule has 1 aromatic rings. The van der Waals surface area contributed by atoms with Crippen LogP contribution in [0.15, 0.2) is 10.6 Å². The van der Waals surface area contributed by atoms with Crippen molar-refractivity contribution in [1.82, 2.24) is 10.1 Å². The number of rotatable bonds is 2. The Labute approximate surface area is 112 Å². The molecule has 1 aliphatic carbocycles. The highest BCUT2D eigenvalue weighted by atomic mass is 16.5. The van der Waals surface area contributed by atoms with E-state index < -0.39 is 0 Å². The zero-order valence-corrected chi connectivity index (χ0v) is 11.3. The first-order valence-corrected chi connectivity index (χ1v) is 7.00. The highest BCUT2D eigenvalue weighted by Crippen LogP contribution is 2.44. The molecule has 1 N–H and O–H groups in total. The molecule has 2 aliphatic rings. The van der Waals surface area contributed by atoms with Gasteiger partial charge in [0.25, 0.3) is 0 Å². The maximum absolute atomic E-state index is 12.4. The molecule has 1 unspecified atom stereocenters. The number of aliphatic hydroxyl groups excluding tert-OH is 1. The second-order valence-electron chi connectivity index (χ2n) is 5.88. The summed E-state index contributed by atoms with van der Waals surface area (Å²) in [5.41, 5.74) is 0.722. The number of likely N-dealkylation sites (tertiary alicyclic amines) is 1. The van der Waals surface area contributed by atoms with Gasteiger partial charge in [-0.3, -0.25) is 4.79 Å². The zero-order chi connectivity index (χ0) is 13.5. The molecule has 1 spiro atoms. The number of amides is 1. The molecule has 0 radical (unpaired) electrons. The van der Waals surface area contributed by atoms with Gasteiger partial charge in [0, 0.05) is 18.2 Å². The molecular weight excluding hydrogens is 244 g/mol. The lowest BCUT2D eigenvalue weighted by molar-refractivity contribution is -0.149. The van der Waals surface area contributed by atoms with E-state index in [0.717, 1.165) is 31.4 Å². The van der Waals surface area contributed by atoms with Gasteiger partial charge in [-0.1, -0.05) is 5.16 Å². The number of aromatic nitrogens is 1. The first-order valence-electron chi connectivity index (χ1n) is 7.00. The van der Waals surface area contributed by atoms with E-state index in [9.17, 15) is 9.90 Å². The van der Waals surface area contributed by atoms with Crippen molar-refractivity contribution in [2.24, 2.45) is 0 Å². The normalized spacial score (nSPS) is 25.4. The molecule has 1 saturated carbocycles. The number of carbonyl (C=O) groups excluding carboxylic acids is 1. The van der Waals surface area contributed by atoms with E-state index in [1.54, 1.807) is 0 Å². The van der Waals surface area contributed by atoms with Gasteiger partial charge in [-0.15, -0.1) is 0 Å². The molecule has 2 heterocycles. The van der Waals surface area contributed by atoms with Crippen molar-refractivity contribution in [2.75, 3.05) is 6.54 Å². The lowest BCUT2D eigenvalue weighted by Crippen LogP contribution is -2.61. The molecule has 1 aliphatic heterocycles. The predicted octanol–water partition coefficient (Wildman–Crippen LogP) is 1.43. The molecule has 1 saturated heterocycles. The summed E-state index contributed by atoms with van der Waals surface area (Å²) in [5, 5.41) is 13.6. The molecule has 0 aromatic carbocycles. The molecule has 1 atom stereocenters. The SMILES string of the molecule is Cc1cc(CC(=O)N2CCC(O)CC23CCC3)on1. The van der Waals surface area contributed by atoms with Gasteiger partial charge in [0.1, 0.15) is 5.76 Å². The summed E-state index contributed by atoms with van der Waals surface area (Å²) in [5.74, 6) is 0.728. The van der Waals surface area contributed by atoms with Crippen LogP contribution >= 0.6 is 0 Å². The van der Waals surface area contributed by atoms with Gasteiger partial charge in [0.15, 0.2) is 0 Å². The summed E-state index contributed by atoms with van der Waals surface area (Å²) in [7, 11) is 0. The Hall–Kier alpha value is -1.36. The Morgan fingerprint density at radius 2 is 2.42 bits per heavy atom. The van der Waals surface area contributed by atoms with Crippen LogP contribution in [0.3, 0.4) is 0 Å². The van der Waals surface area contributed by atoms with Crippen molar-refractivity contribution in [3.05, 3.63) is 17.5 Å². The second-order valence-corrected chi connectivity index (χ2v) is 5.88. The fraction of sp³-hybridized carbons (Fsp3) is 0.714. The molecule has 1 aromatic heterocycles. The number of hydrogen-bond acceptors (Lipinski definition) is 4. The van der Waals surface area contributed by atoms with E-state index in [2.05, 4.69) is 5.16 Å². The van der Waals surface area contributed by atoms with Crippen LogP contribution in [-0.2, 0) is 11.2 Å². The van der Waals surface area contributed by atoms with Crippen LogP contribution in [0.1, 0.15) is 43.6 Å². The zero-order valence-electron chi connectivity index (χ0n) is 11.3. The van der Waals surface area contributed by atoms with Gasteiger partial charge in [0.05, 0.1) is 18.2 Å². The minimum atomic E-state index is -0.253. The van der Waals surface area contributed by atoms with Gasteiger partial charge < -0.3 is 14.5 Å². The molecule has 3 rings (SSSR count). The molecule has 19 heavy (non-hydrogen) atoms. The van der Waals surface area contributed by atoms with Crippen LogP contribution in [0.4, 0.5) is 0 Å². The van der Waals surface area contributed by atoms with E-state index in [4.69, 9.17) is 4.52 Å². The predicted molar refractivity (Wildman–Crippen MR) is 68.5 cm³/mol. The van der Waals surface area contributed by atoms with E-state index in [-0.39, 0.29) is 24.0 Å².